The number of rotatable bonds is 7. The number of hydrogen-bond donors (Lipinski definition) is 3. The average Bonchev–Trinajstić information content (AvgIpc) is 2.65. The van der Waals surface area contributed by atoms with Crippen LogP contribution in [0.3, 0.4) is 0 Å². The Kier molecular flexibility index (Phi) is 7.21. The lowest BCUT2D eigenvalue weighted by Crippen LogP contribution is -2.51. The van der Waals surface area contributed by atoms with Gasteiger partial charge < -0.3 is 16.0 Å². The number of urea groups is 1. The highest BCUT2D eigenvalue weighted by Crippen LogP contribution is 2.13. The zero-order chi connectivity index (χ0) is 18.9. The van der Waals surface area contributed by atoms with Gasteiger partial charge in [-0.2, -0.15) is 0 Å². The lowest BCUT2D eigenvalue weighted by Gasteiger charge is -2.23. The van der Waals surface area contributed by atoms with Crippen molar-refractivity contribution in [3.8, 4) is 0 Å². The molecule has 2 aromatic rings. The molecule has 0 bridgehead atoms. The first kappa shape index (κ1) is 19.5. The summed E-state index contributed by atoms with van der Waals surface area (Å²) in [5.74, 6) is 0.000607. The Labute approximate surface area is 155 Å². The van der Waals surface area contributed by atoms with Gasteiger partial charge in [0.2, 0.25) is 5.91 Å². The van der Waals surface area contributed by atoms with Crippen molar-refractivity contribution in [2.75, 3.05) is 11.9 Å². The summed E-state index contributed by atoms with van der Waals surface area (Å²) in [5.41, 5.74) is 1.86. The van der Waals surface area contributed by atoms with E-state index in [1.807, 2.05) is 62.4 Å². The van der Waals surface area contributed by atoms with Crippen molar-refractivity contribution in [2.45, 2.75) is 32.7 Å². The number of carbonyl (C=O) groups excluding carboxylic acids is 2. The van der Waals surface area contributed by atoms with Crippen molar-refractivity contribution in [1.82, 2.24) is 10.6 Å². The van der Waals surface area contributed by atoms with Gasteiger partial charge in [-0.1, -0.05) is 69.3 Å². The molecule has 0 spiro atoms. The van der Waals surface area contributed by atoms with Crippen molar-refractivity contribution < 1.29 is 9.59 Å². The Balaban J connectivity index is 1.89. The summed E-state index contributed by atoms with van der Waals surface area (Å²) in [7, 11) is 0. The molecule has 0 aromatic heterocycles. The van der Waals surface area contributed by atoms with Gasteiger partial charge in [-0.05, 0) is 29.5 Å². The zero-order valence-corrected chi connectivity index (χ0v) is 15.5. The number of benzene rings is 2. The molecule has 3 N–H and O–H groups in total. The second-order valence-corrected chi connectivity index (χ2v) is 6.74. The van der Waals surface area contributed by atoms with Gasteiger partial charge in [0.15, 0.2) is 0 Å². The normalized spacial score (nSPS) is 12.9. The zero-order valence-electron chi connectivity index (χ0n) is 15.5. The van der Waals surface area contributed by atoms with E-state index in [1.165, 1.54) is 5.56 Å². The molecule has 2 rings (SSSR count). The Morgan fingerprint density at radius 3 is 2.04 bits per heavy atom. The van der Waals surface area contributed by atoms with Crippen LogP contribution in [0.1, 0.15) is 32.3 Å². The van der Waals surface area contributed by atoms with E-state index >= 15 is 0 Å². The van der Waals surface area contributed by atoms with Gasteiger partial charge in [0.05, 0.1) is 0 Å². The van der Waals surface area contributed by atoms with Crippen LogP contribution < -0.4 is 16.0 Å². The van der Waals surface area contributed by atoms with E-state index in [0.717, 1.165) is 0 Å². The maximum Gasteiger partial charge on any atom is 0.319 e. The molecule has 2 aromatic carbocycles. The fourth-order valence-corrected chi connectivity index (χ4v) is 2.63. The van der Waals surface area contributed by atoms with Crippen LogP contribution in [0.15, 0.2) is 60.7 Å². The maximum atomic E-state index is 12.6. The molecule has 2 atom stereocenters. The molecular formula is C21H27N3O2. The van der Waals surface area contributed by atoms with Gasteiger partial charge in [0, 0.05) is 12.2 Å². The van der Waals surface area contributed by atoms with E-state index in [2.05, 4.69) is 22.9 Å². The van der Waals surface area contributed by atoms with Crippen LogP contribution in [-0.4, -0.2) is 24.5 Å². The smallest absolute Gasteiger partial charge is 0.319 e. The standard InChI is InChI=1S/C21H27N3O2/c1-15(2)19(24-21(26)23-18-12-8-5-9-13-18)20(25)22-14-16(3)17-10-6-4-7-11-17/h4-13,15-16,19H,14H2,1-3H3,(H,22,25)(H2,23,24,26). The average molecular weight is 353 g/mol. The summed E-state index contributed by atoms with van der Waals surface area (Å²) in [6, 6.07) is 18.2. The summed E-state index contributed by atoms with van der Waals surface area (Å²) < 4.78 is 0. The van der Waals surface area contributed by atoms with Gasteiger partial charge in [-0.3, -0.25) is 4.79 Å². The van der Waals surface area contributed by atoms with E-state index in [1.54, 1.807) is 12.1 Å². The molecule has 0 heterocycles. The molecule has 0 saturated heterocycles. The topological polar surface area (TPSA) is 70.2 Å². The molecule has 0 fully saturated rings. The van der Waals surface area contributed by atoms with E-state index in [0.29, 0.717) is 12.2 Å². The third-order valence-corrected chi connectivity index (χ3v) is 4.22. The van der Waals surface area contributed by atoms with Crippen molar-refractivity contribution in [3.05, 3.63) is 66.2 Å². The summed E-state index contributed by atoms with van der Waals surface area (Å²) >= 11 is 0. The first-order chi connectivity index (χ1) is 12.5. The van der Waals surface area contributed by atoms with E-state index < -0.39 is 6.04 Å². The van der Waals surface area contributed by atoms with Crippen LogP contribution in [0, 0.1) is 5.92 Å². The Morgan fingerprint density at radius 2 is 1.46 bits per heavy atom. The summed E-state index contributed by atoms with van der Waals surface area (Å²) in [6.07, 6.45) is 0. The Hall–Kier alpha value is -2.82. The van der Waals surface area contributed by atoms with E-state index in [9.17, 15) is 9.59 Å². The molecule has 3 amide bonds. The third-order valence-electron chi connectivity index (χ3n) is 4.22. The fraction of sp³-hybridized carbons (Fsp3) is 0.333. The summed E-state index contributed by atoms with van der Waals surface area (Å²) in [4.78, 5) is 24.7. The molecule has 5 nitrogen and oxygen atoms in total. The minimum Gasteiger partial charge on any atom is -0.354 e. The maximum absolute atomic E-state index is 12.6. The van der Waals surface area contributed by atoms with Crippen LogP contribution >= 0.6 is 0 Å². The van der Waals surface area contributed by atoms with Crippen LogP contribution in [0.5, 0.6) is 0 Å². The van der Waals surface area contributed by atoms with Crippen LogP contribution in [-0.2, 0) is 4.79 Å². The molecule has 0 aliphatic rings. The number of nitrogens with one attached hydrogen (secondary N) is 3. The highest BCUT2D eigenvalue weighted by molar-refractivity contribution is 5.93. The molecule has 0 aliphatic carbocycles. The Morgan fingerprint density at radius 1 is 0.885 bits per heavy atom. The molecule has 0 aliphatic heterocycles. The number of carbonyl (C=O) groups is 2. The summed E-state index contributed by atoms with van der Waals surface area (Å²) in [6.45, 7) is 6.41. The largest absolute Gasteiger partial charge is 0.354 e. The summed E-state index contributed by atoms with van der Waals surface area (Å²) in [5, 5.41) is 8.46. The molecule has 0 saturated carbocycles. The minimum absolute atomic E-state index is 0.0245. The van der Waals surface area contributed by atoms with Gasteiger partial charge >= 0.3 is 6.03 Å². The Bertz CT molecular complexity index is 702. The molecule has 2 unspecified atom stereocenters. The SMILES string of the molecule is CC(CNC(=O)C(NC(=O)Nc1ccccc1)C(C)C)c1ccccc1. The van der Waals surface area contributed by atoms with Gasteiger partial charge in [-0.25, -0.2) is 4.79 Å². The van der Waals surface area contributed by atoms with Gasteiger partial charge in [0.25, 0.3) is 0 Å². The van der Waals surface area contributed by atoms with Crippen molar-refractivity contribution >= 4 is 17.6 Å². The monoisotopic (exact) mass is 353 g/mol. The molecule has 0 radical (unpaired) electrons. The highest BCUT2D eigenvalue weighted by atomic mass is 16.2. The molecular weight excluding hydrogens is 326 g/mol. The number of hydrogen-bond acceptors (Lipinski definition) is 2. The fourth-order valence-electron chi connectivity index (χ4n) is 2.63. The second-order valence-electron chi connectivity index (χ2n) is 6.74. The van der Waals surface area contributed by atoms with Gasteiger partial charge in [-0.15, -0.1) is 0 Å². The predicted octanol–water partition coefficient (Wildman–Crippen LogP) is 3.75. The number of amides is 3. The van der Waals surface area contributed by atoms with E-state index in [-0.39, 0.29) is 23.8 Å². The molecule has 138 valence electrons. The predicted molar refractivity (Wildman–Crippen MR) is 105 cm³/mol. The lowest BCUT2D eigenvalue weighted by atomic mass is 10.00. The quantitative estimate of drug-likeness (QED) is 0.709. The van der Waals surface area contributed by atoms with E-state index in [4.69, 9.17) is 0 Å². The number of anilines is 1. The van der Waals surface area contributed by atoms with Crippen molar-refractivity contribution in [2.24, 2.45) is 5.92 Å². The first-order valence-corrected chi connectivity index (χ1v) is 8.92. The van der Waals surface area contributed by atoms with Crippen LogP contribution in [0.4, 0.5) is 10.5 Å². The number of para-hydroxylation sites is 1. The van der Waals surface area contributed by atoms with Crippen LogP contribution in [0.2, 0.25) is 0 Å². The van der Waals surface area contributed by atoms with Gasteiger partial charge in [0.1, 0.15) is 6.04 Å². The highest BCUT2D eigenvalue weighted by Gasteiger charge is 2.24. The molecule has 26 heavy (non-hydrogen) atoms. The lowest BCUT2D eigenvalue weighted by molar-refractivity contribution is -0.123. The second kappa shape index (κ2) is 9.61. The van der Waals surface area contributed by atoms with Crippen LogP contribution in [0.25, 0.3) is 0 Å². The van der Waals surface area contributed by atoms with Crippen molar-refractivity contribution in [3.63, 3.8) is 0 Å². The third kappa shape index (κ3) is 5.92. The minimum atomic E-state index is -0.596. The molecule has 5 heteroatoms. The van der Waals surface area contributed by atoms with Crippen molar-refractivity contribution in [1.29, 1.82) is 0 Å². The first-order valence-electron chi connectivity index (χ1n) is 8.92.